The number of non-ortho nitro benzene ring substituents is 1. The number of nitro benzene ring substituents is 2. The van der Waals surface area contributed by atoms with Gasteiger partial charge in [-0.3, -0.25) is 25.7 Å². The van der Waals surface area contributed by atoms with E-state index in [1.807, 2.05) is 13.0 Å². The van der Waals surface area contributed by atoms with Crippen LogP contribution in [0.25, 0.3) is 0 Å². The van der Waals surface area contributed by atoms with E-state index in [2.05, 4.69) is 10.5 Å². The summed E-state index contributed by atoms with van der Waals surface area (Å²) >= 11 is 0. The molecule has 9 heteroatoms. The average molecular weight is 356 g/mol. The molecular formula is C17H16N4O5. The van der Waals surface area contributed by atoms with Crippen molar-refractivity contribution >= 4 is 22.8 Å². The maximum atomic E-state index is 11.2. The Hall–Kier alpha value is -3.49. The number of hydrazone groups is 1. The molecule has 1 aliphatic rings. The molecule has 0 amide bonds. The molecule has 0 radical (unpaired) electrons. The normalized spacial score (nSPS) is 14.7. The lowest BCUT2D eigenvalue weighted by atomic mass is 9.86. The van der Waals surface area contributed by atoms with Gasteiger partial charge in [0.05, 0.1) is 21.6 Å². The van der Waals surface area contributed by atoms with Gasteiger partial charge in [0, 0.05) is 11.6 Å². The minimum atomic E-state index is -0.702. The Morgan fingerprint density at radius 2 is 1.88 bits per heavy atom. The summed E-state index contributed by atoms with van der Waals surface area (Å²) in [7, 11) is 0. The highest BCUT2D eigenvalue weighted by Gasteiger charge is 2.23. The Morgan fingerprint density at radius 3 is 2.58 bits per heavy atom. The van der Waals surface area contributed by atoms with Crippen molar-refractivity contribution in [2.75, 3.05) is 5.43 Å². The van der Waals surface area contributed by atoms with Crippen LogP contribution in [-0.4, -0.2) is 20.7 Å². The summed E-state index contributed by atoms with van der Waals surface area (Å²) < 4.78 is 0. The number of aryl methyl sites for hydroxylation is 1. The van der Waals surface area contributed by atoms with Crippen LogP contribution < -0.4 is 5.43 Å². The van der Waals surface area contributed by atoms with Crippen LogP contribution in [-0.2, 0) is 6.42 Å². The number of phenols is 1. The van der Waals surface area contributed by atoms with Crippen molar-refractivity contribution in [2.45, 2.75) is 26.2 Å². The van der Waals surface area contributed by atoms with Crippen LogP contribution in [0.2, 0.25) is 0 Å². The molecule has 0 spiro atoms. The van der Waals surface area contributed by atoms with Crippen molar-refractivity contribution in [3.05, 3.63) is 67.3 Å². The number of nitrogens with one attached hydrogen (secondary N) is 1. The Labute approximate surface area is 148 Å². The van der Waals surface area contributed by atoms with Gasteiger partial charge in [0.1, 0.15) is 11.4 Å². The van der Waals surface area contributed by atoms with Crippen LogP contribution in [0.4, 0.5) is 17.1 Å². The van der Waals surface area contributed by atoms with Gasteiger partial charge in [-0.15, -0.1) is 0 Å². The topological polar surface area (TPSA) is 131 Å². The zero-order valence-electron chi connectivity index (χ0n) is 13.9. The molecule has 0 bridgehead atoms. The lowest BCUT2D eigenvalue weighted by Gasteiger charge is -2.21. The minimum Gasteiger partial charge on any atom is -0.507 e. The Kier molecular flexibility index (Phi) is 4.53. The van der Waals surface area contributed by atoms with Crippen LogP contribution >= 0.6 is 0 Å². The molecule has 1 aliphatic carbocycles. The molecule has 0 unspecified atom stereocenters. The molecule has 0 fully saturated rings. The van der Waals surface area contributed by atoms with Crippen LogP contribution in [0.1, 0.15) is 29.5 Å². The van der Waals surface area contributed by atoms with Crippen LogP contribution in [0, 0.1) is 27.2 Å². The van der Waals surface area contributed by atoms with Gasteiger partial charge in [-0.25, -0.2) is 0 Å². The number of benzene rings is 2. The van der Waals surface area contributed by atoms with Crippen molar-refractivity contribution in [3.8, 4) is 5.75 Å². The number of hydrogen-bond donors (Lipinski definition) is 2. The highest BCUT2D eigenvalue weighted by molar-refractivity contribution is 6.05. The van der Waals surface area contributed by atoms with Gasteiger partial charge < -0.3 is 5.11 Å². The van der Waals surface area contributed by atoms with Crippen molar-refractivity contribution < 1.29 is 15.0 Å². The number of nitrogens with zero attached hydrogens (tertiary/aromatic N) is 3. The number of aromatic hydroxyl groups is 1. The average Bonchev–Trinajstić information content (AvgIpc) is 2.62. The van der Waals surface area contributed by atoms with E-state index < -0.39 is 15.5 Å². The molecule has 3 rings (SSSR count). The highest BCUT2D eigenvalue weighted by atomic mass is 16.6. The summed E-state index contributed by atoms with van der Waals surface area (Å²) in [4.78, 5) is 20.6. The molecule has 134 valence electrons. The number of rotatable bonds is 4. The number of fused-ring (bicyclic) bond motifs is 1. The molecule has 0 saturated carbocycles. The highest BCUT2D eigenvalue weighted by Crippen LogP contribution is 2.33. The zero-order valence-corrected chi connectivity index (χ0v) is 13.9. The first-order valence-electron chi connectivity index (χ1n) is 7.95. The van der Waals surface area contributed by atoms with Crippen molar-refractivity contribution in [2.24, 2.45) is 5.10 Å². The van der Waals surface area contributed by atoms with Gasteiger partial charge in [-0.1, -0.05) is 6.07 Å². The van der Waals surface area contributed by atoms with Gasteiger partial charge in [-0.05, 0) is 49.4 Å². The van der Waals surface area contributed by atoms with Crippen LogP contribution in [0.3, 0.4) is 0 Å². The molecule has 0 saturated heterocycles. The molecule has 9 nitrogen and oxygen atoms in total. The number of anilines is 1. The fraction of sp³-hybridized carbons (Fsp3) is 0.235. The number of hydrogen-bond acceptors (Lipinski definition) is 7. The van der Waals surface area contributed by atoms with E-state index in [4.69, 9.17) is 0 Å². The quantitative estimate of drug-likeness (QED) is 0.635. The third-order valence-corrected chi connectivity index (χ3v) is 4.35. The molecular weight excluding hydrogens is 340 g/mol. The Balaban J connectivity index is 1.99. The maximum absolute atomic E-state index is 11.2. The molecule has 2 aromatic carbocycles. The number of nitro groups is 2. The van der Waals surface area contributed by atoms with Crippen molar-refractivity contribution in [1.82, 2.24) is 0 Å². The van der Waals surface area contributed by atoms with Crippen LogP contribution in [0.15, 0.2) is 35.4 Å². The van der Waals surface area contributed by atoms with E-state index in [1.165, 1.54) is 12.1 Å². The van der Waals surface area contributed by atoms with Gasteiger partial charge in [0.15, 0.2) is 0 Å². The molecule has 0 heterocycles. The second-order valence-electron chi connectivity index (χ2n) is 5.99. The van der Waals surface area contributed by atoms with Crippen LogP contribution in [0.5, 0.6) is 5.75 Å². The van der Waals surface area contributed by atoms with Gasteiger partial charge in [0.2, 0.25) is 0 Å². The fourth-order valence-electron chi connectivity index (χ4n) is 3.06. The molecule has 2 N–H and O–H groups in total. The van der Waals surface area contributed by atoms with Gasteiger partial charge >= 0.3 is 5.69 Å². The SMILES string of the molecule is Cc1ccc(O)c2c1CCC/C2=N\Nc1ccc([N+](=O)[O-])cc1[N+](=O)[O-]. The van der Waals surface area contributed by atoms with Gasteiger partial charge in [-0.2, -0.15) is 5.10 Å². The third-order valence-electron chi connectivity index (χ3n) is 4.35. The first kappa shape index (κ1) is 17.3. The molecule has 0 atom stereocenters. The first-order valence-corrected chi connectivity index (χ1v) is 7.95. The smallest absolute Gasteiger partial charge is 0.301 e. The summed E-state index contributed by atoms with van der Waals surface area (Å²) in [5.41, 5.74) is 5.17. The zero-order chi connectivity index (χ0) is 18.8. The largest absolute Gasteiger partial charge is 0.507 e. The maximum Gasteiger partial charge on any atom is 0.301 e. The summed E-state index contributed by atoms with van der Waals surface area (Å²) in [6.45, 7) is 1.95. The fourth-order valence-corrected chi connectivity index (χ4v) is 3.06. The van der Waals surface area contributed by atoms with E-state index >= 15 is 0 Å². The lowest BCUT2D eigenvalue weighted by Crippen LogP contribution is -2.15. The second-order valence-corrected chi connectivity index (χ2v) is 5.99. The summed E-state index contributed by atoms with van der Waals surface area (Å²) in [5, 5.41) is 36.4. The van der Waals surface area contributed by atoms with E-state index in [1.54, 1.807) is 6.07 Å². The van der Waals surface area contributed by atoms with E-state index in [9.17, 15) is 25.3 Å². The predicted molar refractivity (Wildman–Crippen MR) is 95.7 cm³/mol. The first-order chi connectivity index (χ1) is 12.4. The second kappa shape index (κ2) is 6.79. The standard InChI is InChI=1S/C17H16N4O5/c1-10-5-8-16(22)17-12(10)3-2-4-14(17)19-18-13-7-6-11(20(23)24)9-15(13)21(25)26/h5-9,18,22H,2-4H2,1H3/b19-14+. The molecule has 2 aromatic rings. The minimum absolute atomic E-state index is 0.0485. The monoisotopic (exact) mass is 356 g/mol. The number of phenolic OH excluding ortho intramolecular Hbond substituents is 1. The van der Waals surface area contributed by atoms with Crippen molar-refractivity contribution in [1.29, 1.82) is 0 Å². The van der Waals surface area contributed by atoms with E-state index in [0.29, 0.717) is 17.7 Å². The van der Waals surface area contributed by atoms with Crippen molar-refractivity contribution in [3.63, 3.8) is 0 Å². The van der Waals surface area contributed by atoms with E-state index in [-0.39, 0.29) is 17.1 Å². The predicted octanol–water partition coefficient (Wildman–Crippen LogP) is 3.67. The molecule has 0 aromatic heterocycles. The van der Waals surface area contributed by atoms with Gasteiger partial charge in [0.25, 0.3) is 5.69 Å². The third kappa shape index (κ3) is 3.18. The van der Waals surface area contributed by atoms with E-state index in [0.717, 1.165) is 30.0 Å². The summed E-state index contributed by atoms with van der Waals surface area (Å²) in [5.74, 6) is 0.115. The summed E-state index contributed by atoms with van der Waals surface area (Å²) in [6, 6.07) is 6.75. The Morgan fingerprint density at radius 1 is 1.12 bits per heavy atom. The summed E-state index contributed by atoms with van der Waals surface area (Å²) in [6.07, 6.45) is 2.28. The Bertz CT molecular complexity index is 939. The molecule has 0 aliphatic heterocycles. The lowest BCUT2D eigenvalue weighted by molar-refractivity contribution is -0.393. The molecule has 26 heavy (non-hydrogen) atoms.